The van der Waals surface area contributed by atoms with E-state index in [0.717, 1.165) is 13.6 Å². The quantitative estimate of drug-likeness (QED) is 0.472. The maximum Gasteiger partial charge on any atom is 0.300 e. The summed E-state index contributed by atoms with van der Waals surface area (Å²) in [7, 11) is 1.98. The lowest BCUT2D eigenvalue weighted by Crippen LogP contribution is -2.27. The number of nitrogens with zero attached hydrogens (tertiary/aromatic N) is 2. The second-order valence-electron chi connectivity index (χ2n) is 2.23. The van der Waals surface area contributed by atoms with Crippen molar-refractivity contribution in [3.63, 3.8) is 0 Å². The fourth-order valence-electron chi connectivity index (χ4n) is 0.551. The van der Waals surface area contributed by atoms with Crippen molar-refractivity contribution >= 4 is 5.97 Å². The second kappa shape index (κ2) is 4.56. The lowest BCUT2D eigenvalue weighted by molar-refractivity contribution is -0.134. The van der Waals surface area contributed by atoms with E-state index >= 15 is 0 Å². The van der Waals surface area contributed by atoms with Gasteiger partial charge in [-0.2, -0.15) is 0 Å². The summed E-state index contributed by atoms with van der Waals surface area (Å²) < 4.78 is 0. The van der Waals surface area contributed by atoms with Gasteiger partial charge in [0.25, 0.3) is 5.97 Å². The summed E-state index contributed by atoms with van der Waals surface area (Å²) in [6.45, 7) is 1.89. The Morgan fingerprint density at radius 1 is 1.64 bits per heavy atom. The highest BCUT2D eigenvalue weighted by Gasteiger charge is 2.00. The Labute approximate surface area is 65.7 Å². The summed E-state index contributed by atoms with van der Waals surface area (Å²) in [5.41, 5.74) is 0. The molecule has 0 atom stereocenters. The van der Waals surface area contributed by atoms with Crippen LogP contribution in [0.2, 0.25) is 0 Å². The van der Waals surface area contributed by atoms with Gasteiger partial charge in [-0.05, 0) is 0 Å². The molecular weight excluding hydrogens is 146 g/mol. The maximum absolute atomic E-state index is 9.00. The Morgan fingerprint density at radius 3 is 2.18 bits per heavy atom. The molecule has 0 radical (unpaired) electrons. The predicted octanol–water partition coefficient (Wildman–Crippen LogP) is -0.373. The SMILES string of the molecule is CC(=O)O.CN1C=CN(N)C1. The molecule has 0 unspecified atom stereocenters. The molecule has 64 valence electrons. The number of aliphatic carboxylic acids is 1. The summed E-state index contributed by atoms with van der Waals surface area (Å²) in [6, 6.07) is 0. The summed E-state index contributed by atoms with van der Waals surface area (Å²) in [5.74, 6) is 4.50. The molecule has 0 saturated heterocycles. The molecule has 0 aromatic heterocycles. The molecule has 5 nitrogen and oxygen atoms in total. The van der Waals surface area contributed by atoms with Crippen molar-refractivity contribution in [3.8, 4) is 0 Å². The molecule has 0 spiro atoms. The van der Waals surface area contributed by atoms with Gasteiger partial charge in [0, 0.05) is 26.4 Å². The number of carbonyl (C=O) groups is 1. The van der Waals surface area contributed by atoms with Gasteiger partial charge in [0.15, 0.2) is 0 Å². The average Bonchev–Trinajstić information content (AvgIpc) is 2.13. The van der Waals surface area contributed by atoms with E-state index in [4.69, 9.17) is 15.7 Å². The van der Waals surface area contributed by atoms with Crippen LogP contribution in [-0.2, 0) is 4.79 Å². The van der Waals surface area contributed by atoms with Crippen molar-refractivity contribution in [2.45, 2.75) is 6.92 Å². The lowest BCUT2D eigenvalue weighted by atomic mass is 10.9. The predicted molar refractivity (Wildman–Crippen MR) is 41.1 cm³/mol. The Hall–Kier alpha value is -1.23. The summed E-state index contributed by atoms with van der Waals surface area (Å²) in [5, 5.41) is 9.04. The molecule has 0 aromatic carbocycles. The van der Waals surface area contributed by atoms with E-state index in [-0.39, 0.29) is 0 Å². The standard InChI is InChI=1S/C4H9N3.C2H4O2/c1-6-2-3-7(5)4-6;1-2(3)4/h2-3H,4-5H2,1H3;1H3,(H,3,4). The van der Waals surface area contributed by atoms with Crippen molar-refractivity contribution in [2.75, 3.05) is 13.7 Å². The first-order valence-corrected chi connectivity index (χ1v) is 3.12. The van der Waals surface area contributed by atoms with Gasteiger partial charge in [0.05, 0.1) is 0 Å². The van der Waals surface area contributed by atoms with Crippen LogP contribution in [0.15, 0.2) is 12.4 Å². The molecule has 0 amide bonds. The first-order valence-electron chi connectivity index (χ1n) is 3.12. The summed E-state index contributed by atoms with van der Waals surface area (Å²) in [6.07, 6.45) is 3.76. The smallest absolute Gasteiger partial charge is 0.300 e. The van der Waals surface area contributed by atoms with Gasteiger partial charge in [-0.25, -0.2) is 5.84 Å². The molecule has 0 fully saturated rings. The Balaban J connectivity index is 0.000000218. The van der Waals surface area contributed by atoms with Crippen LogP contribution in [0.4, 0.5) is 0 Å². The minimum absolute atomic E-state index is 0.806. The highest BCUT2D eigenvalue weighted by Crippen LogP contribution is 1.95. The van der Waals surface area contributed by atoms with Crippen molar-refractivity contribution in [2.24, 2.45) is 5.84 Å². The third kappa shape index (κ3) is 6.66. The molecule has 1 rings (SSSR count). The normalized spacial score (nSPS) is 14.5. The molecule has 0 saturated carbocycles. The van der Waals surface area contributed by atoms with Crippen LogP contribution in [0.5, 0.6) is 0 Å². The highest BCUT2D eigenvalue weighted by molar-refractivity contribution is 5.62. The average molecular weight is 159 g/mol. The summed E-state index contributed by atoms with van der Waals surface area (Å²) in [4.78, 5) is 11.0. The molecule has 1 aliphatic rings. The first-order chi connectivity index (χ1) is 5.02. The van der Waals surface area contributed by atoms with E-state index in [1.807, 2.05) is 24.3 Å². The Kier molecular flexibility index (Phi) is 4.05. The van der Waals surface area contributed by atoms with Gasteiger partial charge in [-0.1, -0.05) is 0 Å². The van der Waals surface area contributed by atoms with E-state index in [1.54, 1.807) is 5.01 Å². The van der Waals surface area contributed by atoms with Crippen LogP contribution in [0, 0.1) is 0 Å². The van der Waals surface area contributed by atoms with Gasteiger partial charge >= 0.3 is 0 Å². The van der Waals surface area contributed by atoms with Gasteiger partial charge in [0.1, 0.15) is 6.67 Å². The van der Waals surface area contributed by atoms with Crippen molar-refractivity contribution in [1.82, 2.24) is 9.91 Å². The number of carboxylic acid groups (broad SMARTS) is 1. The number of rotatable bonds is 0. The molecule has 0 bridgehead atoms. The zero-order valence-corrected chi connectivity index (χ0v) is 6.69. The Bertz CT molecular complexity index is 144. The van der Waals surface area contributed by atoms with E-state index in [9.17, 15) is 0 Å². The van der Waals surface area contributed by atoms with Crippen molar-refractivity contribution < 1.29 is 9.90 Å². The zero-order chi connectivity index (χ0) is 8.85. The van der Waals surface area contributed by atoms with E-state index in [0.29, 0.717) is 0 Å². The lowest BCUT2D eigenvalue weighted by Gasteiger charge is -2.10. The largest absolute Gasteiger partial charge is 0.481 e. The number of hydrazine groups is 1. The zero-order valence-electron chi connectivity index (χ0n) is 6.69. The van der Waals surface area contributed by atoms with Crippen LogP contribution in [0.3, 0.4) is 0 Å². The minimum Gasteiger partial charge on any atom is -0.481 e. The molecular formula is C6H13N3O2. The first kappa shape index (κ1) is 9.77. The van der Waals surface area contributed by atoms with Crippen LogP contribution < -0.4 is 5.84 Å². The van der Waals surface area contributed by atoms with Crippen LogP contribution in [-0.4, -0.2) is 34.7 Å². The molecule has 3 N–H and O–H groups in total. The van der Waals surface area contributed by atoms with Crippen molar-refractivity contribution in [1.29, 1.82) is 0 Å². The van der Waals surface area contributed by atoms with E-state index < -0.39 is 5.97 Å². The minimum atomic E-state index is -0.833. The second-order valence-corrected chi connectivity index (χ2v) is 2.23. The fraction of sp³-hybridized carbons (Fsp3) is 0.500. The number of nitrogens with two attached hydrogens (primary N) is 1. The number of hydrogen-bond acceptors (Lipinski definition) is 4. The van der Waals surface area contributed by atoms with Gasteiger partial charge in [0.2, 0.25) is 0 Å². The third-order valence-electron chi connectivity index (χ3n) is 0.899. The van der Waals surface area contributed by atoms with Crippen molar-refractivity contribution in [3.05, 3.63) is 12.4 Å². The number of hydrogen-bond donors (Lipinski definition) is 2. The maximum atomic E-state index is 9.00. The van der Waals surface area contributed by atoms with Crippen LogP contribution >= 0.6 is 0 Å². The molecule has 11 heavy (non-hydrogen) atoms. The summed E-state index contributed by atoms with van der Waals surface area (Å²) >= 11 is 0. The van der Waals surface area contributed by atoms with Crippen LogP contribution in [0.1, 0.15) is 6.92 Å². The molecule has 5 heteroatoms. The van der Waals surface area contributed by atoms with Gasteiger partial charge in [-0.3, -0.25) is 9.80 Å². The van der Waals surface area contributed by atoms with Gasteiger partial charge in [-0.15, -0.1) is 0 Å². The Morgan fingerprint density at radius 2 is 2.09 bits per heavy atom. The third-order valence-corrected chi connectivity index (χ3v) is 0.899. The fourth-order valence-corrected chi connectivity index (χ4v) is 0.551. The van der Waals surface area contributed by atoms with Gasteiger partial charge < -0.3 is 10.0 Å². The molecule has 0 aromatic rings. The van der Waals surface area contributed by atoms with E-state index in [2.05, 4.69) is 0 Å². The highest BCUT2D eigenvalue weighted by atomic mass is 16.4. The topological polar surface area (TPSA) is 69.8 Å². The molecule has 0 aliphatic carbocycles. The van der Waals surface area contributed by atoms with Crippen LogP contribution in [0.25, 0.3) is 0 Å². The van der Waals surface area contributed by atoms with E-state index in [1.165, 1.54) is 0 Å². The molecule has 1 aliphatic heterocycles. The molecule has 1 heterocycles. The number of carboxylic acids is 1. The monoisotopic (exact) mass is 159 g/mol.